The average Bonchev–Trinajstić information content (AvgIpc) is 3.17. The second-order valence-corrected chi connectivity index (χ2v) is 6.79. The fraction of sp³-hybridized carbons (Fsp3) is 0.211. The smallest absolute Gasteiger partial charge is 0.323 e. The first-order valence-electron chi connectivity index (χ1n) is 8.52. The zero-order chi connectivity index (χ0) is 21.0. The Morgan fingerprint density at radius 3 is 2.66 bits per heavy atom. The molecule has 0 atom stereocenters. The van der Waals surface area contributed by atoms with Gasteiger partial charge < -0.3 is 5.32 Å². The summed E-state index contributed by atoms with van der Waals surface area (Å²) in [6, 6.07) is 10.3. The van der Waals surface area contributed by atoms with E-state index < -0.39 is 17.6 Å². The van der Waals surface area contributed by atoms with Crippen LogP contribution in [0.4, 0.5) is 18.9 Å². The molecule has 0 fully saturated rings. The number of hydrogen-bond acceptors (Lipinski definition) is 4. The Hall–Kier alpha value is -2.91. The van der Waals surface area contributed by atoms with Crippen molar-refractivity contribution in [2.45, 2.75) is 12.7 Å². The van der Waals surface area contributed by atoms with Gasteiger partial charge in [0.05, 0.1) is 23.5 Å². The lowest BCUT2D eigenvalue weighted by Crippen LogP contribution is -2.30. The molecule has 3 rings (SSSR count). The number of likely N-dealkylation sites (N-methyl/N-ethyl adjacent to an activating group) is 1. The van der Waals surface area contributed by atoms with E-state index in [9.17, 15) is 18.0 Å². The summed E-state index contributed by atoms with van der Waals surface area (Å²) in [6.07, 6.45) is -1.95. The van der Waals surface area contributed by atoms with E-state index in [0.29, 0.717) is 11.6 Å². The van der Waals surface area contributed by atoms with Crippen LogP contribution in [0, 0.1) is 0 Å². The van der Waals surface area contributed by atoms with Crippen molar-refractivity contribution in [1.82, 2.24) is 19.7 Å². The molecule has 1 N–H and O–H groups in total. The van der Waals surface area contributed by atoms with Gasteiger partial charge in [0.1, 0.15) is 12.7 Å². The Morgan fingerprint density at radius 1 is 1.24 bits per heavy atom. The van der Waals surface area contributed by atoms with Gasteiger partial charge >= 0.3 is 6.18 Å². The summed E-state index contributed by atoms with van der Waals surface area (Å²) in [6.45, 7) is 0.365. The van der Waals surface area contributed by atoms with Crippen LogP contribution in [0.15, 0.2) is 55.1 Å². The Bertz CT molecular complexity index is 992. The first-order valence-corrected chi connectivity index (χ1v) is 8.90. The maximum absolute atomic E-state index is 13.1. The van der Waals surface area contributed by atoms with E-state index in [1.807, 2.05) is 12.1 Å². The molecule has 3 aromatic rings. The summed E-state index contributed by atoms with van der Waals surface area (Å²) in [4.78, 5) is 18.0. The van der Waals surface area contributed by atoms with E-state index >= 15 is 0 Å². The van der Waals surface area contributed by atoms with Gasteiger partial charge in [0.2, 0.25) is 5.91 Å². The molecule has 0 bridgehead atoms. The summed E-state index contributed by atoms with van der Waals surface area (Å²) >= 11 is 6.12. The fourth-order valence-electron chi connectivity index (χ4n) is 2.75. The molecule has 0 saturated heterocycles. The molecule has 0 spiro atoms. The number of hydrogen-bond donors (Lipinski definition) is 1. The molecule has 29 heavy (non-hydrogen) atoms. The topological polar surface area (TPSA) is 63.1 Å². The molecule has 10 heteroatoms. The molecular weight excluding hydrogens is 407 g/mol. The van der Waals surface area contributed by atoms with Crippen LogP contribution in [0.2, 0.25) is 5.02 Å². The highest BCUT2D eigenvalue weighted by atomic mass is 35.5. The molecular formula is C19H17ClF3N5O. The monoisotopic (exact) mass is 423 g/mol. The van der Waals surface area contributed by atoms with Crippen LogP contribution >= 0.6 is 11.6 Å². The van der Waals surface area contributed by atoms with Crippen LogP contribution in [0.5, 0.6) is 0 Å². The summed E-state index contributed by atoms with van der Waals surface area (Å²) in [5.41, 5.74) is 0.229. The first-order chi connectivity index (χ1) is 13.7. The minimum atomic E-state index is -4.54. The van der Waals surface area contributed by atoms with Crippen molar-refractivity contribution >= 4 is 23.2 Å². The molecule has 0 radical (unpaired) electrons. The highest BCUT2D eigenvalue weighted by molar-refractivity contribution is 6.31. The van der Waals surface area contributed by atoms with Crippen LogP contribution in [0.3, 0.4) is 0 Å². The zero-order valence-corrected chi connectivity index (χ0v) is 16.1. The number of nitrogens with one attached hydrogen (secondary N) is 1. The molecule has 0 aliphatic heterocycles. The molecule has 1 aromatic heterocycles. The molecule has 0 aliphatic carbocycles. The zero-order valence-electron chi connectivity index (χ0n) is 15.3. The van der Waals surface area contributed by atoms with Crippen molar-refractivity contribution in [2.75, 3.05) is 18.9 Å². The second kappa shape index (κ2) is 8.62. The van der Waals surface area contributed by atoms with Crippen molar-refractivity contribution in [3.8, 4) is 5.69 Å². The van der Waals surface area contributed by atoms with Gasteiger partial charge in [-0.3, -0.25) is 9.69 Å². The standard InChI is InChI=1S/C19H17ClF3N5O/c1-27(9-13-4-2-3-5-15(13)20)10-18(29)26-16-8-14(19(21,22)23)6-7-17(16)28-12-24-11-25-28/h2-8,11-12H,9-10H2,1H3,(H,26,29). The van der Waals surface area contributed by atoms with Gasteiger partial charge in [0.15, 0.2) is 0 Å². The number of alkyl halides is 3. The largest absolute Gasteiger partial charge is 0.416 e. The van der Waals surface area contributed by atoms with Crippen LogP contribution in [0.25, 0.3) is 5.69 Å². The summed E-state index contributed by atoms with van der Waals surface area (Å²) in [5.74, 6) is -0.472. The number of halogens is 4. The van der Waals surface area contributed by atoms with Crippen molar-refractivity contribution in [3.63, 3.8) is 0 Å². The van der Waals surface area contributed by atoms with E-state index in [2.05, 4.69) is 15.4 Å². The van der Waals surface area contributed by atoms with Crippen LogP contribution in [0.1, 0.15) is 11.1 Å². The number of carbonyl (C=O) groups is 1. The van der Waals surface area contributed by atoms with Crippen molar-refractivity contribution in [2.24, 2.45) is 0 Å². The number of rotatable bonds is 6. The Kier molecular flexibility index (Phi) is 6.19. The average molecular weight is 424 g/mol. The maximum atomic E-state index is 13.1. The third-order valence-electron chi connectivity index (χ3n) is 4.08. The third kappa shape index (κ3) is 5.33. The van der Waals surface area contributed by atoms with Crippen molar-refractivity contribution < 1.29 is 18.0 Å². The molecule has 0 saturated carbocycles. The predicted octanol–water partition coefficient (Wildman–Crippen LogP) is 4.01. The van der Waals surface area contributed by atoms with Gasteiger partial charge in [-0.2, -0.15) is 18.3 Å². The van der Waals surface area contributed by atoms with E-state index in [-0.39, 0.29) is 17.9 Å². The molecule has 1 heterocycles. The van der Waals surface area contributed by atoms with E-state index in [0.717, 1.165) is 17.7 Å². The molecule has 6 nitrogen and oxygen atoms in total. The van der Waals surface area contributed by atoms with Gasteiger partial charge in [-0.1, -0.05) is 29.8 Å². The lowest BCUT2D eigenvalue weighted by molar-refractivity contribution is -0.137. The quantitative estimate of drug-likeness (QED) is 0.650. The second-order valence-electron chi connectivity index (χ2n) is 6.38. The minimum Gasteiger partial charge on any atom is -0.323 e. The van der Waals surface area contributed by atoms with Crippen molar-refractivity contribution in [1.29, 1.82) is 0 Å². The maximum Gasteiger partial charge on any atom is 0.416 e. The Morgan fingerprint density at radius 2 is 2.00 bits per heavy atom. The SMILES string of the molecule is CN(CC(=O)Nc1cc(C(F)(F)F)ccc1-n1cncn1)Cc1ccccc1Cl. The van der Waals surface area contributed by atoms with Gasteiger partial charge in [-0.25, -0.2) is 9.67 Å². The van der Waals surface area contributed by atoms with Crippen LogP contribution in [-0.2, 0) is 17.5 Å². The molecule has 2 aromatic carbocycles. The van der Waals surface area contributed by atoms with Crippen LogP contribution < -0.4 is 5.32 Å². The normalized spacial score (nSPS) is 11.7. The summed E-state index contributed by atoms with van der Waals surface area (Å²) in [7, 11) is 1.72. The number of aromatic nitrogens is 3. The highest BCUT2D eigenvalue weighted by Gasteiger charge is 2.31. The molecule has 0 unspecified atom stereocenters. The van der Waals surface area contributed by atoms with Crippen molar-refractivity contribution in [3.05, 3.63) is 71.3 Å². The third-order valence-corrected chi connectivity index (χ3v) is 4.44. The van der Waals surface area contributed by atoms with E-state index in [1.54, 1.807) is 24.1 Å². The van der Waals surface area contributed by atoms with Crippen LogP contribution in [-0.4, -0.2) is 39.2 Å². The number of nitrogens with zero attached hydrogens (tertiary/aromatic N) is 4. The number of carbonyl (C=O) groups excluding carboxylic acids is 1. The van der Waals surface area contributed by atoms with Gasteiger partial charge in [-0.05, 0) is 36.9 Å². The van der Waals surface area contributed by atoms with E-state index in [1.165, 1.54) is 23.4 Å². The minimum absolute atomic E-state index is 0.0125. The predicted molar refractivity (Wildman–Crippen MR) is 103 cm³/mol. The molecule has 152 valence electrons. The molecule has 0 aliphatic rings. The number of anilines is 1. The summed E-state index contributed by atoms with van der Waals surface area (Å²) in [5, 5.41) is 7.04. The van der Waals surface area contributed by atoms with Gasteiger partial charge in [-0.15, -0.1) is 0 Å². The van der Waals surface area contributed by atoms with E-state index in [4.69, 9.17) is 11.6 Å². The number of benzene rings is 2. The summed E-state index contributed by atoms with van der Waals surface area (Å²) < 4.78 is 40.6. The Balaban J connectivity index is 1.77. The first kappa shape index (κ1) is 20.8. The fourth-order valence-corrected chi connectivity index (χ4v) is 2.95. The molecule has 1 amide bonds. The number of amides is 1. The Labute approximate surface area is 169 Å². The van der Waals surface area contributed by atoms with Gasteiger partial charge in [0, 0.05) is 11.6 Å². The highest BCUT2D eigenvalue weighted by Crippen LogP contribution is 2.33. The lowest BCUT2D eigenvalue weighted by atomic mass is 10.1. The lowest BCUT2D eigenvalue weighted by Gasteiger charge is -2.18. The van der Waals surface area contributed by atoms with Gasteiger partial charge in [0.25, 0.3) is 0 Å².